The fraction of sp³-hybridized carbons (Fsp3) is 0.771. The number of hydrogen-bond donors (Lipinski definition) is 2. The minimum Gasteiger partial charge on any atom is -0.460 e. The number of esters is 2. The van der Waals surface area contributed by atoms with Gasteiger partial charge in [-0.3, -0.25) is 4.79 Å². The molecule has 25 heteroatoms. The number of nitrogens with one attached hydrogen (secondary N) is 2. The summed E-state index contributed by atoms with van der Waals surface area (Å²) in [5, 5.41) is 5.51. The zero-order valence-corrected chi connectivity index (χ0v) is 39.6. The Balaban J connectivity index is 4.82. The van der Waals surface area contributed by atoms with Gasteiger partial charge in [-0.25, -0.2) is 14.4 Å². The lowest BCUT2D eigenvalue weighted by Gasteiger charge is -2.33. The molecule has 1 atom stereocenters. The Morgan fingerprint density at radius 1 is 0.583 bits per heavy atom. The zero-order chi connectivity index (χ0) is 45.7. The summed E-state index contributed by atoms with van der Waals surface area (Å²) in [6.45, 7) is 17.7. The van der Waals surface area contributed by atoms with Crippen LogP contribution in [0.3, 0.4) is 0 Å². The van der Waals surface area contributed by atoms with E-state index in [1.165, 1.54) is 0 Å². The van der Waals surface area contributed by atoms with Crippen LogP contribution in [0.5, 0.6) is 0 Å². The van der Waals surface area contributed by atoms with Crippen molar-refractivity contribution in [3.63, 3.8) is 0 Å². The molecule has 0 rings (SSSR count). The SMILES string of the molecule is C=C(OS(C)(=O)=O)C(=O)OCCCCC(=O)NCCC[Si](OCC)(OCC)OCCC(C)O[Si](CCCNC(=O)OCCCOC(=O)C(=C)OS(C)(=O)=O)(OCC)OCC. The van der Waals surface area contributed by atoms with Gasteiger partial charge >= 0.3 is 55.9 Å². The molecule has 0 aromatic carbocycles. The molecule has 0 aromatic rings. The van der Waals surface area contributed by atoms with Gasteiger partial charge in [0.15, 0.2) is 0 Å². The van der Waals surface area contributed by atoms with Crippen LogP contribution >= 0.6 is 0 Å². The molecule has 0 aliphatic carbocycles. The minimum absolute atomic E-state index is 0.0338. The first-order chi connectivity index (χ1) is 28.2. The van der Waals surface area contributed by atoms with E-state index >= 15 is 0 Å². The minimum atomic E-state index is -3.91. The molecule has 1 unspecified atom stereocenters. The maximum absolute atomic E-state index is 12.4. The third kappa shape index (κ3) is 28.4. The van der Waals surface area contributed by atoms with Crippen molar-refractivity contribution in [3.8, 4) is 0 Å². The van der Waals surface area contributed by atoms with E-state index in [1.54, 1.807) is 0 Å². The Morgan fingerprint density at radius 2 is 1.03 bits per heavy atom. The Morgan fingerprint density at radius 3 is 1.53 bits per heavy atom. The maximum atomic E-state index is 12.4. The zero-order valence-electron chi connectivity index (χ0n) is 36.0. The molecule has 350 valence electrons. The molecule has 0 bridgehead atoms. The number of carbonyl (C=O) groups excluding carboxylic acids is 4. The second-order valence-corrected chi connectivity index (χ2v) is 21.3. The number of rotatable bonds is 37. The van der Waals surface area contributed by atoms with E-state index in [1.807, 2.05) is 34.6 Å². The Labute approximate surface area is 357 Å². The molecule has 0 spiro atoms. The molecule has 0 heterocycles. The van der Waals surface area contributed by atoms with Crippen LogP contribution in [0.1, 0.15) is 79.6 Å². The fourth-order valence-electron chi connectivity index (χ4n) is 4.98. The maximum Gasteiger partial charge on any atom is 0.501 e. The number of hydrogen-bond acceptors (Lipinski definition) is 19. The van der Waals surface area contributed by atoms with Crippen molar-refractivity contribution in [3.05, 3.63) is 24.7 Å². The smallest absolute Gasteiger partial charge is 0.460 e. The van der Waals surface area contributed by atoms with Gasteiger partial charge in [-0.1, -0.05) is 0 Å². The first-order valence-electron chi connectivity index (χ1n) is 19.7. The van der Waals surface area contributed by atoms with Crippen LogP contribution in [0.4, 0.5) is 4.79 Å². The quantitative estimate of drug-likeness (QED) is 0.0172. The Bertz CT molecular complexity index is 1540. The van der Waals surface area contributed by atoms with Crippen molar-refractivity contribution >= 4 is 61.8 Å². The summed E-state index contributed by atoms with van der Waals surface area (Å²) in [7, 11) is -14.1. The molecular weight excluding hydrogens is 873 g/mol. The highest BCUT2D eigenvalue weighted by molar-refractivity contribution is 7.86. The molecule has 0 aromatic heterocycles. The average Bonchev–Trinajstić information content (AvgIpc) is 3.13. The molecule has 2 N–H and O–H groups in total. The van der Waals surface area contributed by atoms with Crippen LogP contribution in [0, 0.1) is 0 Å². The summed E-state index contributed by atoms with van der Waals surface area (Å²) in [6, 6.07) is 0.863. The fourth-order valence-corrected chi connectivity index (χ4v) is 11.3. The molecule has 2 amide bonds. The van der Waals surface area contributed by atoms with E-state index in [9.17, 15) is 36.0 Å². The largest absolute Gasteiger partial charge is 0.501 e. The van der Waals surface area contributed by atoms with Crippen LogP contribution in [0.2, 0.25) is 12.1 Å². The second-order valence-electron chi connectivity index (χ2n) is 12.8. The van der Waals surface area contributed by atoms with Gasteiger partial charge in [-0.05, 0) is 79.9 Å². The topological polar surface area (TPSA) is 262 Å². The Hall–Kier alpha value is -3.15. The van der Waals surface area contributed by atoms with Gasteiger partial charge < -0.3 is 59.8 Å². The summed E-state index contributed by atoms with van der Waals surface area (Å²) in [5.41, 5.74) is 0. The predicted molar refractivity (Wildman–Crippen MR) is 221 cm³/mol. The van der Waals surface area contributed by atoms with Gasteiger partial charge in [-0.2, -0.15) is 16.8 Å². The molecule has 60 heavy (non-hydrogen) atoms. The van der Waals surface area contributed by atoms with Crippen molar-refractivity contribution in [2.45, 2.75) is 97.8 Å². The van der Waals surface area contributed by atoms with Gasteiger partial charge in [0.25, 0.3) is 0 Å². The number of ether oxygens (including phenoxy) is 3. The molecular formula is C35H66N2O19S2Si2. The van der Waals surface area contributed by atoms with Gasteiger partial charge in [0.05, 0.1) is 32.3 Å². The summed E-state index contributed by atoms with van der Waals surface area (Å²) in [5.74, 6) is -3.54. The summed E-state index contributed by atoms with van der Waals surface area (Å²) >= 11 is 0. The molecule has 0 aliphatic heterocycles. The van der Waals surface area contributed by atoms with Crippen LogP contribution in [-0.4, -0.2) is 143 Å². The van der Waals surface area contributed by atoms with Gasteiger partial charge in [0.2, 0.25) is 17.4 Å². The van der Waals surface area contributed by atoms with E-state index in [0.29, 0.717) is 77.2 Å². The molecule has 21 nitrogen and oxygen atoms in total. The van der Waals surface area contributed by atoms with E-state index in [0.717, 1.165) is 12.5 Å². The summed E-state index contributed by atoms with van der Waals surface area (Å²) in [6.07, 6.45) is 3.14. The third-order valence-corrected chi connectivity index (χ3v) is 14.6. The number of alkyl carbamates (subject to hydrolysis) is 1. The highest BCUT2D eigenvalue weighted by Gasteiger charge is 2.43. The first kappa shape index (κ1) is 56.9. The van der Waals surface area contributed by atoms with Crippen LogP contribution < -0.4 is 10.6 Å². The number of carbonyl (C=O) groups is 4. The molecule has 0 fully saturated rings. The van der Waals surface area contributed by atoms with Crippen LogP contribution in [0.25, 0.3) is 0 Å². The molecule has 0 saturated heterocycles. The van der Waals surface area contributed by atoms with Crippen molar-refractivity contribution in [2.24, 2.45) is 0 Å². The summed E-state index contributed by atoms with van der Waals surface area (Å²) in [4.78, 5) is 48.0. The van der Waals surface area contributed by atoms with Crippen molar-refractivity contribution < 1.29 is 85.1 Å². The van der Waals surface area contributed by atoms with Gasteiger partial charge in [-0.15, -0.1) is 0 Å². The third-order valence-electron chi connectivity index (χ3n) is 7.34. The Kier molecular flexibility index (Phi) is 29.2. The second kappa shape index (κ2) is 30.8. The lowest BCUT2D eigenvalue weighted by atomic mass is 10.2. The lowest BCUT2D eigenvalue weighted by molar-refractivity contribution is -0.142. The number of amides is 2. The number of unbranched alkanes of at least 4 members (excludes halogenated alkanes) is 1. The molecule has 0 aliphatic rings. The summed E-state index contributed by atoms with van der Waals surface area (Å²) < 4.78 is 105. The van der Waals surface area contributed by atoms with Gasteiger partial charge in [0, 0.05) is 77.2 Å². The van der Waals surface area contributed by atoms with Crippen molar-refractivity contribution in [2.75, 3.05) is 78.5 Å². The molecule has 0 radical (unpaired) electrons. The highest BCUT2D eigenvalue weighted by Crippen LogP contribution is 2.23. The normalized spacial score (nSPS) is 12.5. The average molecular weight is 939 g/mol. The van der Waals surface area contributed by atoms with E-state index in [4.69, 9.17) is 40.8 Å². The standard InChI is InChI=1S/C35H66N2O19S2Si2/c1-10-49-59(50-11-2,27-16-21-36-32(38)19-14-15-23-46-33(39)30(6)54-57(8,42)43)53-26-20-29(5)56-60(51-12-3,52-13-4)28-17-22-37-35(41)48-25-18-24-47-34(40)31(7)55-58(9,44)45/h29H,6-7,10-28H2,1-5,8-9H3,(H,36,38)(H,37,41). The first-order valence-corrected chi connectivity index (χ1v) is 27.2. The monoisotopic (exact) mass is 938 g/mol. The van der Waals surface area contributed by atoms with Crippen LogP contribution in [0.15, 0.2) is 24.7 Å². The van der Waals surface area contributed by atoms with Crippen LogP contribution in [-0.2, 0) is 83.8 Å². The lowest BCUT2D eigenvalue weighted by Crippen LogP contribution is -2.49. The van der Waals surface area contributed by atoms with E-state index in [-0.39, 0.29) is 57.8 Å². The highest BCUT2D eigenvalue weighted by atomic mass is 32.2. The van der Waals surface area contributed by atoms with Crippen molar-refractivity contribution in [1.29, 1.82) is 0 Å². The van der Waals surface area contributed by atoms with E-state index in [2.05, 4.69) is 32.2 Å². The predicted octanol–water partition coefficient (Wildman–Crippen LogP) is 3.07. The molecule has 0 saturated carbocycles. The van der Waals surface area contributed by atoms with E-state index < -0.39 is 67.4 Å². The van der Waals surface area contributed by atoms with Gasteiger partial charge in [0.1, 0.15) is 0 Å². The van der Waals surface area contributed by atoms with Crippen molar-refractivity contribution in [1.82, 2.24) is 10.6 Å².